The maximum absolute atomic E-state index is 12.1. The highest BCUT2D eigenvalue weighted by Gasteiger charge is 2.29. The normalized spacial score (nSPS) is 20.4. The fourth-order valence-corrected chi connectivity index (χ4v) is 3.65. The van der Waals surface area contributed by atoms with Gasteiger partial charge in [-0.05, 0) is 31.1 Å². The minimum absolute atomic E-state index is 0. The Morgan fingerprint density at radius 2 is 2.15 bits per heavy atom. The Balaban J connectivity index is 0.00000338. The lowest BCUT2D eigenvalue weighted by molar-refractivity contribution is -0.154. The number of guanidine groups is 1. The lowest BCUT2D eigenvalue weighted by atomic mass is 10.1. The number of halogens is 4. The first-order chi connectivity index (χ1) is 11.8. The summed E-state index contributed by atoms with van der Waals surface area (Å²) < 4.78 is 41.1. The number of nitrogens with one attached hydrogen (secondary N) is 2. The molecule has 1 fully saturated rings. The molecule has 26 heavy (non-hydrogen) atoms. The van der Waals surface area contributed by atoms with E-state index in [-0.39, 0.29) is 34.6 Å². The van der Waals surface area contributed by atoms with Crippen LogP contribution in [0.5, 0.6) is 5.88 Å². The highest BCUT2D eigenvalue weighted by atomic mass is 127. The molecule has 1 aromatic heterocycles. The van der Waals surface area contributed by atoms with E-state index in [2.05, 4.69) is 32.3 Å². The Hall–Kier alpha value is -0.910. The van der Waals surface area contributed by atoms with Crippen molar-refractivity contribution >= 4 is 41.7 Å². The fraction of sp³-hybridized carbons (Fsp3) is 0.625. The molecule has 148 valence electrons. The molecule has 1 saturated heterocycles. The zero-order chi connectivity index (χ0) is 18.3. The van der Waals surface area contributed by atoms with Crippen molar-refractivity contribution in [1.29, 1.82) is 0 Å². The van der Waals surface area contributed by atoms with Crippen molar-refractivity contribution in [3.05, 3.63) is 23.9 Å². The summed E-state index contributed by atoms with van der Waals surface area (Å²) in [5, 5.41) is 6.49. The molecule has 1 aliphatic rings. The van der Waals surface area contributed by atoms with Crippen LogP contribution in [0.3, 0.4) is 0 Å². The van der Waals surface area contributed by atoms with Crippen molar-refractivity contribution in [3.63, 3.8) is 0 Å². The van der Waals surface area contributed by atoms with Crippen LogP contribution in [0.4, 0.5) is 13.2 Å². The number of hydrogen-bond acceptors (Lipinski definition) is 4. The van der Waals surface area contributed by atoms with Gasteiger partial charge in [-0.15, -0.1) is 24.0 Å². The molecule has 0 aromatic carbocycles. The lowest BCUT2D eigenvalue weighted by Crippen LogP contribution is -2.43. The molecule has 10 heteroatoms. The van der Waals surface area contributed by atoms with Crippen LogP contribution in [0.1, 0.15) is 25.3 Å². The number of pyridine rings is 1. The van der Waals surface area contributed by atoms with Crippen LogP contribution in [0.25, 0.3) is 0 Å². The summed E-state index contributed by atoms with van der Waals surface area (Å²) in [7, 11) is 1.70. The Labute approximate surface area is 173 Å². The predicted octanol–water partition coefficient (Wildman–Crippen LogP) is 3.59. The maximum atomic E-state index is 12.1. The molecule has 0 bridgehead atoms. The Kier molecular flexibility index (Phi) is 9.28. The molecule has 0 aliphatic carbocycles. The van der Waals surface area contributed by atoms with Gasteiger partial charge in [0.2, 0.25) is 5.88 Å². The molecule has 1 aromatic rings. The zero-order valence-corrected chi connectivity index (χ0v) is 17.9. The molecule has 0 amide bonds. The van der Waals surface area contributed by atoms with Crippen molar-refractivity contribution in [3.8, 4) is 5.88 Å². The van der Waals surface area contributed by atoms with Crippen molar-refractivity contribution < 1.29 is 17.9 Å². The van der Waals surface area contributed by atoms with E-state index in [1.54, 1.807) is 13.1 Å². The van der Waals surface area contributed by atoms with Crippen molar-refractivity contribution in [2.45, 2.75) is 37.2 Å². The van der Waals surface area contributed by atoms with E-state index in [9.17, 15) is 13.2 Å². The van der Waals surface area contributed by atoms with Crippen LogP contribution in [-0.4, -0.2) is 47.8 Å². The van der Waals surface area contributed by atoms with E-state index < -0.39 is 12.8 Å². The molecule has 2 rings (SSSR count). The van der Waals surface area contributed by atoms with E-state index >= 15 is 0 Å². The van der Waals surface area contributed by atoms with E-state index in [0.29, 0.717) is 12.5 Å². The molecule has 0 spiro atoms. The van der Waals surface area contributed by atoms with Gasteiger partial charge in [0.05, 0.1) is 0 Å². The molecule has 0 saturated carbocycles. The summed E-state index contributed by atoms with van der Waals surface area (Å²) in [5.74, 6) is 1.83. The van der Waals surface area contributed by atoms with Crippen molar-refractivity contribution in [1.82, 2.24) is 15.6 Å². The van der Waals surface area contributed by atoms with Gasteiger partial charge < -0.3 is 15.4 Å². The third kappa shape index (κ3) is 8.19. The first-order valence-corrected chi connectivity index (χ1v) is 9.01. The van der Waals surface area contributed by atoms with Gasteiger partial charge in [-0.1, -0.05) is 6.07 Å². The summed E-state index contributed by atoms with van der Waals surface area (Å²) in [6.07, 6.45) is -0.456. The van der Waals surface area contributed by atoms with E-state index in [1.165, 1.54) is 30.9 Å². The standard InChI is InChI=1S/C16H23F3N4OS.HI/c1-15(6-3-7-25-15)10-23-14(20-2)22-9-12-4-5-13(21-8-12)24-11-16(17,18)19;/h4-5,8H,3,6-7,9-11H2,1-2H3,(H2,20,22,23);1H. The number of thioether (sulfide) groups is 1. The maximum Gasteiger partial charge on any atom is 0.422 e. The minimum atomic E-state index is -4.37. The van der Waals surface area contributed by atoms with Gasteiger partial charge in [0.1, 0.15) is 0 Å². The van der Waals surface area contributed by atoms with E-state index in [4.69, 9.17) is 0 Å². The van der Waals surface area contributed by atoms with Gasteiger partial charge >= 0.3 is 6.18 Å². The van der Waals surface area contributed by atoms with Crippen LogP contribution < -0.4 is 15.4 Å². The lowest BCUT2D eigenvalue weighted by Gasteiger charge is -2.24. The average Bonchev–Trinajstić information content (AvgIpc) is 3.00. The van der Waals surface area contributed by atoms with Crippen LogP contribution in [-0.2, 0) is 6.54 Å². The van der Waals surface area contributed by atoms with E-state index in [1.807, 2.05) is 11.8 Å². The molecule has 2 N–H and O–H groups in total. The van der Waals surface area contributed by atoms with Gasteiger partial charge in [-0.3, -0.25) is 4.99 Å². The molecule has 0 radical (unpaired) electrons. The molecular formula is C16H24F3IN4OS. The van der Waals surface area contributed by atoms with Gasteiger partial charge in [0.25, 0.3) is 0 Å². The number of ether oxygens (including phenoxy) is 1. The quantitative estimate of drug-likeness (QED) is 0.353. The summed E-state index contributed by atoms with van der Waals surface area (Å²) in [4.78, 5) is 8.06. The van der Waals surface area contributed by atoms with Crippen molar-refractivity contribution in [2.24, 2.45) is 4.99 Å². The third-order valence-corrected chi connectivity index (χ3v) is 5.33. The summed E-state index contributed by atoms with van der Waals surface area (Å²) >= 11 is 1.97. The second kappa shape index (κ2) is 10.4. The number of alkyl halides is 3. The summed E-state index contributed by atoms with van der Waals surface area (Å²) in [6.45, 7) is 2.20. The van der Waals surface area contributed by atoms with Gasteiger partial charge in [-0.2, -0.15) is 24.9 Å². The monoisotopic (exact) mass is 504 g/mol. The van der Waals surface area contributed by atoms with Crippen LogP contribution in [0, 0.1) is 0 Å². The van der Waals surface area contributed by atoms with Crippen LogP contribution in [0.15, 0.2) is 23.3 Å². The van der Waals surface area contributed by atoms with Crippen LogP contribution >= 0.6 is 35.7 Å². The largest absolute Gasteiger partial charge is 0.468 e. The second-order valence-corrected chi connectivity index (χ2v) is 7.77. The van der Waals surface area contributed by atoms with Crippen molar-refractivity contribution in [2.75, 3.05) is 26.0 Å². The first kappa shape index (κ1) is 23.1. The Bertz CT molecular complexity index is 578. The number of hydrogen-bond donors (Lipinski definition) is 2. The minimum Gasteiger partial charge on any atom is -0.468 e. The van der Waals surface area contributed by atoms with Gasteiger partial charge in [0, 0.05) is 37.1 Å². The fourth-order valence-electron chi connectivity index (χ4n) is 2.41. The highest BCUT2D eigenvalue weighted by Crippen LogP contribution is 2.36. The number of aliphatic imine (C=N–C) groups is 1. The first-order valence-electron chi connectivity index (χ1n) is 8.03. The molecule has 1 unspecified atom stereocenters. The predicted molar refractivity (Wildman–Crippen MR) is 110 cm³/mol. The van der Waals surface area contributed by atoms with Crippen LogP contribution in [0.2, 0.25) is 0 Å². The molecule has 5 nitrogen and oxygen atoms in total. The zero-order valence-electron chi connectivity index (χ0n) is 14.7. The summed E-state index contributed by atoms with van der Waals surface area (Å²) in [6, 6.07) is 3.10. The number of rotatable bonds is 6. The molecule has 2 heterocycles. The topological polar surface area (TPSA) is 58.5 Å². The molecule has 1 atom stereocenters. The molecule has 1 aliphatic heterocycles. The summed E-state index contributed by atoms with van der Waals surface area (Å²) in [5.41, 5.74) is 0.823. The smallest absolute Gasteiger partial charge is 0.422 e. The number of nitrogens with zero attached hydrogens (tertiary/aromatic N) is 2. The molecular weight excluding hydrogens is 480 g/mol. The number of aromatic nitrogens is 1. The van der Waals surface area contributed by atoms with E-state index in [0.717, 1.165) is 12.1 Å². The highest BCUT2D eigenvalue weighted by molar-refractivity contribution is 14.0. The Morgan fingerprint density at radius 1 is 1.38 bits per heavy atom. The SMILES string of the molecule is CN=C(NCc1ccc(OCC(F)(F)F)nc1)NCC1(C)CCCS1.I. The van der Waals surface area contributed by atoms with Gasteiger partial charge in [-0.25, -0.2) is 4.98 Å². The second-order valence-electron chi connectivity index (χ2n) is 6.09. The van der Waals surface area contributed by atoms with Gasteiger partial charge in [0.15, 0.2) is 12.6 Å². The average molecular weight is 504 g/mol. The third-order valence-electron chi connectivity index (χ3n) is 3.80. The Morgan fingerprint density at radius 3 is 2.69 bits per heavy atom.